The molecule has 0 spiro atoms. The molecular weight excluding hydrogens is 591 g/mol. The van der Waals surface area contributed by atoms with Crippen LogP contribution in [0.1, 0.15) is 82.6 Å². The number of thiophene rings is 1. The number of ketones is 1. The number of aryl methyl sites for hydroxylation is 2. The molecule has 2 aliphatic rings. The number of aliphatic hydroxyl groups excluding tert-OH is 1. The molecule has 3 aromatic heterocycles. The van der Waals surface area contributed by atoms with Gasteiger partial charge in [-0.15, -0.1) is 11.3 Å². The smallest absolute Gasteiger partial charge is 0.290 e. The third-order valence-corrected chi connectivity index (χ3v) is 10.5. The molecule has 1 aliphatic carbocycles. The van der Waals surface area contributed by atoms with Gasteiger partial charge in [0.1, 0.15) is 11.5 Å². The Bertz CT molecular complexity index is 1820. The third kappa shape index (κ3) is 6.25. The first-order valence-corrected chi connectivity index (χ1v) is 16.5. The standard InChI is InChI=1S/C34H41FN6O3S/c1-20-22(9-6-7-10-28(42)29-16-24-30(45-29)18-34(2,3)32(24)43)25(35)12-11-23(20)26-17-27(33(44)40(5)37-26)36-31-15-21(39(4)38-31)19-41-13-8-14-41/h11-12,15-17,32,43H,6-10,13-14,18-19H2,1-5H3,(H,36,38)/t32-/m0/s1. The highest BCUT2D eigenvalue weighted by Gasteiger charge is 2.39. The number of likely N-dealkylation sites (tertiary alicyclic amines) is 1. The summed E-state index contributed by atoms with van der Waals surface area (Å²) in [6.45, 7) is 8.94. The number of nitrogens with one attached hydrogen (secondary N) is 1. The minimum absolute atomic E-state index is 0.0698. The molecule has 1 atom stereocenters. The number of halogens is 1. The largest absolute Gasteiger partial charge is 0.388 e. The summed E-state index contributed by atoms with van der Waals surface area (Å²) >= 11 is 1.49. The number of carbonyl (C=O) groups excluding carboxylic acids is 1. The van der Waals surface area contributed by atoms with Gasteiger partial charge in [0.15, 0.2) is 11.6 Å². The van der Waals surface area contributed by atoms with E-state index in [1.165, 1.54) is 28.5 Å². The van der Waals surface area contributed by atoms with Crippen molar-refractivity contribution in [2.45, 2.75) is 71.9 Å². The summed E-state index contributed by atoms with van der Waals surface area (Å²) in [6, 6.07) is 8.67. The Morgan fingerprint density at radius 3 is 2.62 bits per heavy atom. The van der Waals surface area contributed by atoms with E-state index >= 15 is 4.39 Å². The molecule has 2 N–H and O–H groups in total. The molecule has 1 aliphatic heterocycles. The number of unbranched alkanes of at least 4 members (excludes halogenated alkanes) is 1. The van der Waals surface area contributed by atoms with Gasteiger partial charge in [-0.25, -0.2) is 9.07 Å². The normalized spacial score (nSPS) is 17.4. The summed E-state index contributed by atoms with van der Waals surface area (Å²) in [6.07, 6.45) is 3.60. The van der Waals surface area contributed by atoms with E-state index < -0.39 is 6.10 Å². The molecule has 4 heterocycles. The maximum absolute atomic E-state index is 15.1. The number of benzene rings is 1. The molecule has 4 aromatic rings. The molecule has 6 rings (SSSR count). The lowest BCUT2D eigenvalue weighted by Gasteiger charge is -2.30. The van der Waals surface area contributed by atoms with Crippen molar-refractivity contribution in [1.82, 2.24) is 24.5 Å². The van der Waals surface area contributed by atoms with Crippen molar-refractivity contribution in [3.63, 3.8) is 0 Å². The number of aliphatic hydroxyl groups is 1. The molecule has 0 radical (unpaired) electrons. The number of rotatable bonds is 11. The highest BCUT2D eigenvalue weighted by atomic mass is 32.1. The molecular formula is C34H41FN6O3S. The van der Waals surface area contributed by atoms with Gasteiger partial charge in [0.25, 0.3) is 5.56 Å². The lowest BCUT2D eigenvalue weighted by molar-refractivity contribution is 0.0665. The second kappa shape index (κ2) is 12.3. The maximum Gasteiger partial charge on any atom is 0.290 e. The van der Waals surface area contributed by atoms with Crippen LogP contribution in [0.5, 0.6) is 0 Å². The summed E-state index contributed by atoms with van der Waals surface area (Å²) in [7, 11) is 3.50. The first-order chi connectivity index (χ1) is 21.4. The predicted octanol–water partition coefficient (Wildman–Crippen LogP) is 5.85. The molecule has 0 amide bonds. The number of fused-ring (bicyclic) bond motifs is 1. The van der Waals surface area contributed by atoms with Crippen LogP contribution in [-0.2, 0) is 33.5 Å². The minimum atomic E-state index is -0.542. The van der Waals surface area contributed by atoms with Gasteiger partial charge in [0, 0.05) is 43.6 Å². The van der Waals surface area contributed by atoms with Crippen molar-refractivity contribution < 1.29 is 14.3 Å². The van der Waals surface area contributed by atoms with Crippen molar-refractivity contribution in [1.29, 1.82) is 0 Å². The van der Waals surface area contributed by atoms with E-state index in [0.29, 0.717) is 53.3 Å². The fourth-order valence-corrected chi connectivity index (χ4v) is 7.75. The fraction of sp³-hybridized carbons (Fsp3) is 0.471. The molecule has 1 aromatic carbocycles. The van der Waals surface area contributed by atoms with E-state index in [4.69, 9.17) is 0 Å². The van der Waals surface area contributed by atoms with Crippen LogP contribution in [0.4, 0.5) is 15.9 Å². The van der Waals surface area contributed by atoms with Gasteiger partial charge in [-0.2, -0.15) is 10.2 Å². The summed E-state index contributed by atoms with van der Waals surface area (Å²) in [5.74, 6) is 0.362. The third-order valence-electron chi connectivity index (χ3n) is 9.30. The lowest BCUT2D eigenvalue weighted by atomic mass is 9.88. The van der Waals surface area contributed by atoms with Crippen LogP contribution in [0.2, 0.25) is 0 Å². The first-order valence-electron chi connectivity index (χ1n) is 15.6. The zero-order valence-electron chi connectivity index (χ0n) is 26.6. The van der Waals surface area contributed by atoms with E-state index in [1.807, 2.05) is 44.6 Å². The molecule has 0 bridgehead atoms. The van der Waals surface area contributed by atoms with E-state index in [9.17, 15) is 14.7 Å². The summed E-state index contributed by atoms with van der Waals surface area (Å²) in [5.41, 5.74) is 4.47. The van der Waals surface area contributed by atoms with Crippen LogP contribution < -0.4 is 10.9 Å². The number of carbonyl (C=O) groups is 1. The quantitative estimate of drug-likeness (QED) is 0.158. The fourth-order valence-electron chi connectivity index (χ4n) is 6.35. The maximum atomic E-state index is 15.1. The average molecular weight is 633 g/mol. The Hall–Kier alpha value is -3.67. The zero-order valence-corrected chi connectivity index (χ0v) is 27.4. The number of anilines is 2. The number of hydrogen-bond donors (Lipinski definition) is 2. The van der Waals surface area contributed by atoms with E-state index in [2.05, 4.69) is 20.4 Å². The van der Waals surface area contributed by atoms with E-state index in [0.717, 1.165) is 53.3 Å². The van der Waals surface area contributed by atoms with Crippen molar-refractivity contribution in [3.8, 4) is 11.3 Å². The van der Waals surface area contributed by atoms with Crippen LogP contribution >= 0.6 is 11.3 Å². The van der Waals surface area contributed by atoms with Crippen LogP contribution in [-0.4, -0.2) is 48.4 Å². The Balaban J connectivity index is 1.13. The molecule has 238 valence electrons. The predicted molar refractivity (Wildman–Crippen MR) is 175 cm³/mol. The second-order valence-corrected chi connectivity index (χ2v) is 14.3. The molecule has 1 fully saturated rings. The van der Waals surface area contributed by atoms with E-state index in [1.54, 1.807) is 19.2 Å². The summed E-state index contributed by atoms with van der Waals surface area (Å²) in [5, 5.41) is 22.8. The van der Waals surface area contributed by atoms with E-state index in [-0.39, 0.29) is 22.6 Å². The lowest BCUT2D eigenvalue weighted by Crippen LogP contribution is -2.36. The first kappa shape index (κ1) is 31.3. The number of nitrogens with zero attached hydrogens (tertiary/aromatic N) is 5. The second-order valence-electron chi connectivity index (χ2n) is 13.2. The summed E-state index contributed by atoms with van der Waals surface area (Å²) < 4.78 is 18.2. The molecule has 0 saturated carbocycles. The van der Waals surface area contributed by atoms with Gasteiger partial charge >= 0.3 is 0 Å². The SMILES string of the molecule is Cc1c(-c2cc(Nc3cc(CN4CCC4)n(C)n3)c(=O)n(C)n2)ccc(F)c1CCCCC(=O)c1cc2c(s1)CC(C)(C)[C@H]2O. The number of Topliss-reactive ketones (excluding diaryl/α,β-unsaturated/α-hetero) is 1. The van der Waals surface area contributed by atoms with Crippen molar-refractivity contribution in [3.05, 3.63) is 78.6 Å². The van der Waals surface area contributed by atoms with Gasteiger partial charge < -0.3 is 10.4 Å². The molecule has 45 heavy (non-hydrogen) atoms. The van der Waals surface area contributed by atoms with Crippen LogP contribution in [0.3, 0.4) is 0 Å². The molecule has 0 unspecified atom stereocenters. The van der Waals surface area contributed by atoms with Crippen LogP contribution in [0.15, 0.2) is 35.1 Å². The zero-order chi connectivity index (χ0) is 32.0. The average Bonchev–Trinajstić information content (AvgIpc) is 3.59. The Labute approximate surface area is 266 Å². The molecule has 11 heteroatoms. The Morgan fingerprint density at radius 1 is 1.13 bits per heavy atom. The number of hydrogen-bond acceptors (Lipinski definition) is 8. The molecule has 9 nitrogen and oxygen atoms in total. The monoisotopic (exact) mass is 632 g/mol. The van der Waals surface area contributed by atoms with Crippen molar-refractivity contribution in [2.75, 3.05) is 18.4 Å². The van der Waals surface area contributed by atoms with Crippen molar-refractivity contribution in [2.24, 2.45) is 19.5 Å². The van der Waals surface area contributed by atoms with Gasteiger partial charge in [-0.05, 0) is 98.5 Å². The van der Waals surface area contributed by atoms with Gasteiger partial charge in [0.05, 0.1) is 22.4 Å². The van der Waals surface area contributed by atoms with Crippen molar-refractivity contribution >= 4 is 28.6 Å². The highest BCUT2D eigenvalue weighted by molar-refractivity contribution is 7.14. The Morgan fingerprint density at radius 2 is 1.91 bits per heavy atom. The van der Waals surface area contributed by atoms with Crippen LogP contribution in [0, 0.1) is 18.2 Å². The number of aromatic nitrogens is 4. The Kier molecular flexibility index (Phi) is 8.53. The van der Waals surface area contributed by atoms with Gasteiger partial charge in [0.2, 0.25) is 0 Å². The molecule has 1 saturated heterocycles. The van der Waals surface area contributed by atoms with Crippen LogP contribution in [0.25, 0.3) is 11.3 Å². The minimum Gasteiger partial charge on any atom is -0.388 e. The topological polar surface area (TPSA) is 105 Å². The highest BCUT2D eigenvalue weighted by Crippen LogP contribution is 2.48. The van der Waals surface area contributed by atoms with Gasteiger partial charge in [-0.1, -0.05) is 13.8 Å². The van der Waals surface area contributed by atoms with Gasteiger partial charge in [-0.3, -0.25) is 19.2 Å². The summed E-state index contributed by atoms with van der Waals surface area (Å²) in [4.78, 5) is 30.1.